The van der Waals surface area contributed by atoms with Crippen molar-refractivity contribution in [1.82, 2.24) is 5.32 Å². The summed E-state index contributed by atoms with van der Waals surface area (Å²) < 4.78 is 35.8. The average molecular weight is 258 g/mol. The predicted molar refractivity (Wildman–Crippen MR) is 61.2 cm³/mol. The molecule has 6 heteroatoms. The molecular formula is C12H13F3N2O. The molecule has 98 valence electrons. The van der Waals surface area contributed by atoms with Crippen LogP contribution in [0.5, 0.6) is 0 Å². The first-order valence-corrected chi connectivity index (χ1v) is 5.64. The summed E-state index contributed by atoms with van der Waals surface area (Å²) in [6.45, 7) is -0.378. The zero-order chi connectivity index (χ0) is 13.2. The minimum absolute atomic E-state index is 0.378. The first-order valence-electron chi connectivity index (χ1n) is 5.64. The molecule has 1 atom stereocenters. The molecule has 2 rings (SSSR count). The van der Waals surface area contributed by atoms with E-state index in [1.54, 1.807) is 0 Å². The Labute approximate surface area is 102 Å². The van der Waals surface area contributed by atoms with Crippen LogP contribution < -0.4 is 10.6 Å². The van der Waals surface area contributed by atoms with Crippen LogP contribution in [-0.4, -0.2) is 24.7 Å². The average Bonchev–Trinajstić information content (AvgIpc) is 2.70. The minimum atomic E-state index is -4.24. The summed E-state index contributed by atoms with van der Waals surface area (Å²) in [4.78, 5) is 11.7. The molecule has 1 amide bonds. The van der Waals surface area contributed by atoms with Crippen LogP contribution in [0.1, 0.15) is 12.0 Å². The van der Waals surface area contributed by atoms with Gasteiger partial charge in [-0.2, -0.15) is 13.2 Å². The molecule has 0 spiro atoms. The Balaban J connectivity index is 1.83. The first-order chi connectivity index (χ1) is 8.46. The van der Waals surface area contributed by atoms with Gasteiger partial charge in [0.05, 0.1) is 6.42 Å². The van der Waals surface area contributed by atoms with E-state index in [1.807, 2.05) is 24.3 Å². The summed E-state index contributed by atoms with van der Waals surface area (Å²) >= 11 is 0. The molecule has 0 fully saturated rings. The summed E-state index contributed by atoms with van der Waals surface area (Å²) in [6.07, 6.45) is -4.73. The normalized spacial score (nSPS) is 18.1. The summed E-state index contributed by atoms with van der Waals surface area (Å²) in [6, 6.07) is 6.97. The van der Waals surface area contributed by atoms with E-state index in [0.29, 0.717) is 6.42 Å². The SMILES string of the molecule is O=C(NCCC(F)(F)F)C1Cc2ccccc2N1. The van der Waals surface area contributed by atoms with E-state index in [2.05, 4.69) is 10.6 Å². The molecule has 0 bridgehead atoms. The van der Waals surface area contributed by atoms with Gasteiger partial charge < -0.3 is 10.6 Å². The van der Waals surface area contributed by atoms with Crippen LogP contribution in [-0.2, 0) is 11.2 Å². The number of hydrogen-bond donors (Lipinski definition) is 2. The number of carbonyl (C=O) groups is 1. The Morgan fingerprint density at radius 3 is 2.78 bits per heavy atom. The number of para-hydroxylation sites is 1. The Bertz CT molecular complexity index is 420. The van der Waals surface area contributed by atoms with E-state index >= 15 is 0 Å². The first kappa shape index (κ1) is 12.7. The lowest BCUT2D eigenvalue weighted by molar-refractivity contribution is -0.135. The highest BCUT2D eigenvalue weighted by atomic mass is 19.4. The fraction of sp³-hybridized carbons (Fsp3) is 0.417. The quantitative estimate of drug-likeness (QED) is 0.871. The van der Waals surface area contributed by atoms with Gasteiger partial charge >= 0.3 is 6.18 Å². The molecule has 1 unspecified atom stereocenters. The van der Waals surface area contributed by atoms with Crippen molar-refractivity contribution in [3.8, 4) is 0 Å². The molecule has 18 heavy (non-hydrogen) atoms. The minimum Gasteiger partial charge on any atom is -0.373 e. The van der Waals surface area contributed by atoms with E-state index in [9.17, 15) is 18.0 Å². The maximum absolute atomic E-state index is 11.9. The van der Waals surface area contributed by atoms with Gasteiger partial charge in [-0.1, -0.05) is 18.2 Å². The zero-order valence-electron chi connectivity index (χ0n) is 9.55. The third kappa shape index (κ3) is 3.15. The van der Waals surface area contributed by atoms with Crippen molar-refractivity contribution >= 4 is 11.6 Å². The third-order valence-corrected chi connectivity index (χ3v) is 2.80. The largest absolute Gasteiger partial charge is 0.390 e. The molecule has 1 aromatic carbocycles. The lowest BCUT2D eigenvalue weighted by atomic mass is 10.1. The molecule has 0 saturated heterocycles. The number of benzene rings is 1. The monoisotopic (exact) mass is 258 g/mol. The van der Waals surface area contributed by atoms with Crippen LogP contribution in [0.2, 0.25) is 0 Å². The van der Waals surface area contributed by atoms with Gasteiger partial charge in [0.1, 0.15) is 6.04 Å². The van der Waals surface area contributed by atoms with Gasteiger partial charge in [0.2, 0.25) is 5.91 Å². The third-order valence-electron chi connectivity index (χ3n) is 2.80. The summed E-state index contributed by atoms with van der Waals surface area (Å²) in [7, 11) is 0. The van der Waals surface area contributed by atoms with Crippen LogP contribution in [0, 0.1) is 0 Å². The van der Waals surface area contributed by atoms with Gasteiger partial charge in [-0.25, -0.2) is 0 Å². The highest BCUT2D eigenvalue weighted by Gasteiger charge is 2.29. The predicted octanol–water partition coefficient (Wildman–Crippen LogP) is 2.09. The van der Waals surface area contributed by atoms with Crippen LogP contribution in [0.25, 0.3) is 0 Å². The van der Waals surface area contributed by atoms with Gasteiger partial charge in [-0.05, 0) is 11.6 Å². The molecule has 0 aliphatic carbocycles. The number of nitrogens with one attached hydrogen (secondary N) is 2. The number of rotatable bonds is 3. The second-order valence-electron chi connectivity index (χ2n) is 4.21. The fourth-order valence-corrected chi connectivity index (χ4v) is 1.91. The Kier molecular flexibility index (Phi) is 3.45. The van der Waals surface area contributed by atoms with Crippen molar-refractivity contribution in [2.75, 3.05) is 11.9 Å². The number of carbonyl (C=O) groups excluding carboxylic acids is 1. The number of anilines is 1. The number of alkyl halides is 3. The van der Waals surface area contributed by atoms with E-state index in [1.165, 1.54) is 0 Å². The maximum atomic E-state index is 11.9. The summed E-state index contributed by atoms with van der Waals surface area (Å²) in [5, 5.41) is 5.28. The van der Waals surface area contributed by atoms with Gasteiger partial charge in [0, 0.05) is 18.7 Å². The van der Waals surface area contributed by atoms with Crippen molar-refractivity contribution in [3.63, 3.8) is 0 Å². The Hall–Kier alpha value is -1.72. The summed E-state index contributed by atoms with van der Waals surface area (Å²) in [5.41, 5.74) is 1.88. The molecule has 3 nitrogen and oxygen atoms in total. The van der Waals surface area contributed by atoms with Crippen LogP contribution >= 0.6 is 0 Å². The van der Waals surface area contributed by atoms with Crippen molar-refractivity contribution < 1.29 is 18.0 Å². The lowest BCUT2D eigenvalue weighted by Crippen LogP contribution is -2.39. The van der Waals surface area contributed by atoms with E-state index in [0.717, 1.165) is 11.3 Å². The molecule has 0 aromatic heterocycles. The number of hydrogen-bond acceptors (Lipinski definition) is 2. The molecule has 1 aliphatic rings. The maximum Gasteiger partial charge on any atom is 0.390 e. The molecule has 0 saturated carbocycles. The molecule has 2 N–H and O–H groups in total. The smallest absolute Gasteiger partial charge is 0.373 e. The topological polar surface area (TPSA) is 41.1 Å². The van der Waals surface area contributed by atoms with E-state index < -0.39 is 24.5 Å². The van der Waals surface area contributed by atoms with Crippen molar-refractivity contribution in [2.24, 2.45) is 0 Å². The van der Waals surface area contributed by atoms with E-state index in [4.69, 9.17) is 0 Å². The summed E-state index contributed by atoms with van der Waals surface area (Å²) in [5.74, 6) is -0.393. The van der Waals surface area contributed by atoms with Gasteiger partial charge in [-0.3, -0.25) is 4.79 Å². The van der Waals surface area contributed by atoms with Crippen molar-refractivity contribution in [2.45, 2.75) is 25.1 Å². The Morgan fingerprint density at radius 1 is 1.39 bits per heavy atom. The van der Waals surface area contributed by atoms with Gasteiger partial charge in [-0.15, -0.1) is 0 Å². The van der Waals surface area contributed by atoms with Crippen LogP contribution in [0.3, 0.4) is 0 Å². The number of halogens is 3. The highest BCUT2D eigenvalue weighted by Crippen LogP contribution is 2.25. The highest BCUT2D eigenvalue weighted by molar-refractivity contribution is 5.87. The zero-order valence-corrected chi connectivity index (χ0v) is 9.55. The standard InChI is InChI=1S/C12H13F3N2O/c13-12(14,15)5-6-16-11(18)10-7-8-3-1-2-4-9(8)17-10/h1-4,10,17H,5-7H2,(H,16,18). The molecule has 1 heterocycles. The second kappa shape index (κ2) is 4.88. The fourth-order valence-electron chi connectivity index (χ4n) is 1.91. The van der Waals surface area contributed by atoms with Gasteiger partial charge in [0.25, 0.3) is 0 Å². The number of fused-ring (bicyclic) bond motifs is 1. The van der Waals surface area contributed by atoms with Crippen LogP contribution in [0.15, 0.2) is 24.3 Å². The molecule has 0 radical (unpaired) electrons. The van der Waals surface area contributed by atoms with Crippen LogP contribution in [0.4, 0.5) is 18.9 Å². The van der Waals surface area contributed by atoms with Gasteiger partial charge in [0.15, 0.2) is 0 Å². The lowest BCUT2D eigenvalue weighted by Gasteiger charge is -2.12. The van der Waals surface area contributed by atoms with Crippen molar-refractivity contribution in [3.05, 3.63) is 29.8 Å². The second-order valence-corrected chi connectivity index (χ2v) is 4.21. The molecular weight excluding hydrogens is 245 g/mol. The molecule has 1 aromatic rings. The Morgan fingerprint density at radius 2 is 2.11 bits per heavy atom. The van der Waals surface area contributed by atoms with E-state index in [-0.39, 0.29) is 6.54 Å². The van der Waals surface area contributed by atoms with Crippen molar-refractivity contribution in [1.29, 1.82) is 0 Å². The molecule has 1 aliphatic heterocycles. The number of amides is 1.